The van der Waals surface area contributed by atoms with E-state index in [2.05, 4.69) is 19.2 Å². The van der Waals surface area contributed by atoms with Crippen LogP contribution in [-0.4, -0.2) is 35.0 Å². The van der Waals surface area contributed by atoms with Crippen molar-refractivity contribution in [2.75, 3.05) is 18.1 Å². The SMILES string of the molecule is CC(C)CCSCC(=O)NCC(C)C(=O)O. The number of carboxylic acids is 1. The molecule has 0 aliphatic heterocycles. The van der Waals surface area contributed by atoms with E-state index in [1.165, 1.54) is 0 Å². The van der Waals surface area contributed by atoms with E-state index in [0.29, 0.717) is 11.7 Å². The lowest BCUT2D eigenvalue weighted by atomic mass is 10.2. The van der Waals surface area contributed by atoms with Crippen LogP contribution in [0.1, 0.15) is 27.2 Å². The average molecular weight is 247 g/mol. The maximum Gasteiger partial charge on any atom is 0.308 e. The Bertz CT molecular complexity index is 231. The number of amides is 1. The third kappa shape index (κ3) is 8.59. The van der Waals surface area contributed by atoms with Gasteiger partial charge in [-0.25, -0.2) is 0 Å². The molecule has 16 heavy (non-hydrogen) atoms. The summed E-state index contributed by atoms with van der Waals surface area (Å²) in [4.78, 5) is 21.8. The largest absolute Gasteiger partial charge is 0.481 e. The fraction of sp³-hybridized carbons (Fsp3) is 0.818. The molecule has 1 unspecified atom stereocenters. The first kappa shape index (κ1) is 15.3. The molecule has 0 rings (SSSR count). The van der Waals surface area contributed by atoms with Gasteiger partial charge >= 0.3 is 5.97 Å². The average Bonchev–Trinajstić information content (AvgIpc) is 2.20. The molecule has 94 valence electrons. The predicted octanol–water partition coefficient (Wildman–Crippen LogP) is 1.60. The van der Waals surface area contributed by atoms with Crippen LogP contribution in [-0.2, 0) is 9.59 Å². The minimum atomic E-state index is -0.882. The minimum absolute atomic E-state index is 0.0816. The number of hydrogen-bond donors (Lipinski definition) is 2. The van der Waals surface area contributed by atoms with Crippen molar-refractivity contribution in [3.63, 3.8) is 0 Å². The summed E-state index contributed by atoms with van der Waals surface area (Å²) in [6.45, 7) is 6.08. The second kappa shape index (κ2) is 8.44. The van der Waals surface area contributed by atoms with Crippen LogP contribution in [0.15, 0.2) is 0 Å². The lowest BCUT2D eigenvalue weighted by molar-refractivity contribution is -0.141. The quantitative estimate of drug-likeness (QED) is 0.639. The van der Waals surface area contributed by atoms with Gasteiger partial charge in [0.05, 0.1) is 11.7 Å². The topological polar surface area (TPSA) is 66.4 Å². The summed E-state index contributed by atoms with van der Waals surface area (Å²) in [7, 11) is 0. The number of carbonyl (C=O) groups excluding carboxylic acids is 1. The van der Waals surface area contributed by atoms with Gasteiger partial charge < -0.3 is 10.4 Å². The Morgan fingerprint density at radius 1 is 1.31 bits per heavy atom. The number of nitrogens with one attached hydrogen (secondary N) is 1. The zero-order valence-electron chi connectivity index (χ0n) is 10.2. The van der Waals surface area contributed by atoms with E-state index in [0.717, 1.165) is 12.2 Å². The van der Waals surface area contributed by atoms with Gasteiger partial charge in [-0.3, -0.25) is 9.59 Å². The van der Waals surface area contributed by atoms with Crippen molar-refractivity contribution in [1.29, 1.82) is 0 Å². The third-order valence-corrected chi connectivity index (χ3v) is 3.09. The highest BCUT2D eigenvalue weighted by molar-refractivity contribution is 7.99. The van der Waals surface area contributed by atoms with Crippen LogP contribution in [0.4, 0.5) is 0 Å². The van der Waals surface area contributed by atoms with Gasteiger partial charge in [-0.05, 0) is 18.1 Å². The fourth-order valence-corrected chi connectivity index (χ4v) is 1.96. The van der Waals surface area contributed by atoms with Gasteiger partial charge in [0, 0.05) is 6.54 Å². The van der Waals surface area contributed by atoms with E-state index in [-0.39, 0.29) is 12.5 Å². The van der Waals surface area contributed by atoms with E-state index >= 15 is 0 Å². The lowest BCUT2D eigenvalue weighted by Crippen LogP contribution is -2.32. The molecule has 0 heterocycles. The highest BCUT2D eigenvalue weighted by Crippen LogP contribution is 2.08. The summed E-state index contributed by atoms with van der Waals surface area (Å²) in [5.74, 6) is 0.556. The summed E-state index contributed by atoms with van der Waals surface area (Å²) in [6.07, 6.45) is 1.10. The monoisotopic (exact) mass is 247 g/mol. The van der Waals surface area contributed by atoms with Crippen LogP contribution in [0.2, 0.25) is 0 Å². The van der Waals surface area contributed by atoms with Crippen molar-refractivity contribution in [2.24, 2.45) is 11.8 Å². The summed E-state index contributed by atoms with van der Waals surface area (Å²) >= 11 is 1.59. The molecule has 5 heteroatoms. The van der Waals surface area contributed by atoms with E-state index in [1.54, 1.807) is 18.7 Å². The van der Waals surface area contributed by atoms with Crippen LogP contribution in [0.25, 0.3) is 0 Å². The number of rotatable bonds is 8. The molecule has 0 aromatic heterocycles. The molecule has 0 aromatic rings. The van der Waals surface area contributed by atoms with E-state index in [4.69, 9.17) is 5.11 Å². The van der Waals surface area contributed by atoms with Crippen molar-refractivity contribution < 1.29 is 14.7 Å². The molecule has 0 saturated heterocycles. The summed E-state index contributed by atoms with van der Waals surface area (Å²) in [5, 5.41) is 11.2. The van der Waals surface area contributed by atoms with Gasteiger partial charge in [-0.1, -0.05) is 20.8 Å². The van der Waals surface area contributed by atoms with E-state index in [1.807, 2.05) is 0 Å². The van der Waals surface area contributed by atoms with Gasteiger partial charge in [-0.2, -0.15) is 11.8 Å². The molecule has 0 aliphatic rings. The first-order valence-electron chi connectivity index (χ1n) is 5.50. The molecule has 2 N–H and O–H groups in total. The standard InChI is InChI=1S/C11H21NO3S/c1-8(2)4-5-16-7-10(13)12-6-9(3)11(14)15/h8-9H,4-7H2,1-3H3,(H,12,13)(H,14,15). The Morgan fingerprint density at radius 2 is 1.94 bits per heavy atom. The molecular formula is C11H21NO3S. The van der Waals surface area contributed by atoms with Crippen molar-refractivity contribution in [3.8, 4) is 0 Å². The molecule has 0 radical (unpaired) electrons. The lowest BCUT2D eigenvalue weighted by Gasteiger charge is -2.08. The number of carboxylic acid groups (broad SMARTS) is 1. The van der Waals surface area contributed by atoms with Gasteiger partial charge in [-0.15, -0.1) is 0 Å². The Kier molecular flexibility index (Phi) is 8.07. The molecule has 0 spiro atoms. The normalized spacial score (nSPS) is 12.5. The van der Waals surface area contributed by atoms with Gasteiger partial charge in [0.15, 0.2) is 0 Å². The molecule has 0 bridgehead atoms. The van der Waals surface area contributed by atoms with Crippen LogP contribution in [0, 0.1) is 11.8 Å². The molecule has 4 nitrogen and oxygen atoms in total. The Morgan fingerprint density at radius 3 is 2.44 bits per heavy atom. The second-order valence-corrected chi connectivity index (χ2v) is 5.38. The maximum absolute atomic E-state index is 11.3. The first-order chi connectivity index (χ1) is 7.43. The summed E-state index contributed by atoms with van der Waals surface area (Å²) in [5.41, 5.74) is 0. The molecule has 0 fully saturated rings. The summed E-state index contributed by atoms with van der Waals surface area (Å²) in [6, 6.07) is 0. The van der Waals surface area contributed by atoms with Crippen LogP contribution < -0.4 is 5.32 Å². The van der Waals surface area contributed by atoms with Crippen molar-refractivity contribution in [3.05, 3.63) is 0 Å². The second-order valence-electron chi connectivity index (χ2n) is 4.28. The Hall–Kier alpha value is -0.710. The fourth-order valence-electron chi connectivity index (χ4n) is 0.889. The maximum atomic E-state index is 11.3. The Balaban J connectivity index is 3.48. The number of carbonyl (C=O) groups is 2. The highest BCUT2D eigenvalue weighted by atomic mass is 32.2. The molecule has 0 saturated carbocycles. The minimum Gasteiger partial charge on any atom is -0.481 e. The zero-order chi connectivity index (χ0) is 12.6. The summed E-state index contributed by atoms with van der Waals surface area (Å²) < 4.78 is 0. The van der Waals surface area contributed by atoms with Crippen molar-refractivity contribution >= 4 is 23.6 Å². The molecule has 1 amide bonds. The molecule has 1 atom stereocenters. The molecule has 0 aromatic carbocycles. The number of aliphatic carboxylic acids is 1. The highest BCUT2D eigenvalue weighted by Gasteiger charge is 2.11. The van der Waals surface area contributed by atoms with Gasteiger partial charge in [0.25, 0.3) is 0 Å². The zero-order valence-corrected chi connectivity index (χ0v) is 11.0. The third-order valence-electron chi connectivity index (χ3n) is 2.10. The smallest absolute Gasteiger partial charge is 0.308 e. The van der Waals surface area contributed by atoms with Crippen LogP contribution in [0.3, 0.4) is 0 Å². The van der Waals surface area contributed by atoms with Crippen LogP contribution >= 0.6 is 11.8 Å². The van der Waals surface area contributed by atoms with Crippen molar-refractivity contribution in [1.82, 2.24) is 5.32 Å². The molecular weight excluding hydrogens is 226 g/mol. The van der Waals surface area contributed by atoms with Crippen LogP contribution in [0.5, 0.6) is 0 Å². The number of hydrogen-bond acceptors (Lipinski definition) is 3. The van der Waals surface area contributed by atoms with Gasteiger partial charge in [0.1, 0.15) is 0 Å². The van der Waals surface area contributed by atoms with E-state index < -0.39 is 11.9 Å². The predicted molar refractivity (Wildman–Crippen MR) is 66.6 cm³/mol. The molecule has 0 aliphatic carbocycles. The number of thioether (sulfide) groups is 1. The van der Waals surface area contributed by atoms with Crippen molar-refractivity contribution in [2.45, 2.75) is 27.2 Å². The van der Waals surface area contributed by atoms with Gasteiger partial charge in [0.2, 0.25) is 5.91 Å². The van der Waals surface area contributed by atoms with E-state index in [9.17, 15) is 9.59 Å². The first-order valence-corrected chi connectivity index (χ1v) is 6.66. The Labute approximate surface area is 101 Å².